The van der Waals surface area contributed by atoms with Gasteiger partial charge in [0.15, 0.2) is 0 Å². The van der Waals surface area contributed by atoms with E-state index in [2.05, 4.69) is 0 Å². The highest BCUT2D eigenvalue weighted by atomic mass is 32.2. The molecular formula is C15H18F5NOS. The molecule has 130 valence electrons. The summed E-state index contributed by atoms with van der Waals surface area (Å²) in [6, 6.07) is 0.823. The lowest BCUT2D eigenvalue weighted by molar-refractivity contribution is -0.140. The summed E-state index contributed by atoms with van der Waals surface area (Å²) in [5, 5.41) is 5.42. The fraction of sp³-hybridized carbons (Fsp3) is 0.600. The van der Waals surface area contributed by atoms with Crippen LogP contribution in [0.3, 0.4) is 0 Å². The van der Waals surface area contributed by atoms with Gasteiger partial charge in [0, 0.05) is 0 Å². The van der Waals surface area contributed by atoms with Crippen LogP contribution >= 0.6 is 0 Å². The van der Waals surface area contributed by atoms with E-state index in [1.807, 2.05) is 0 Å². The van der Waals surface area contributed by atoms with Crippen LogP contribution in [0.2, 0.25) is 0 Å². The van der Waals surface area contributed by atoms with Gasteiger partial charge in [0.1, 0.15) is 11.6 Å². The second-order valence-corrected chi connectivity index (χ2v) is 8.26. The monoisotopic (exact) mass is 355 g/mol. The lowest BCUT2D eigenvalue weighted by Gasteiger charge is -2.28. The van der Waals surface area contributed by atoms with Gasteiger partial charge in [-0.2, -0.15) is 13.2 Å². The van der Waals surface area contributed by atoms with E-state index >= 15 is 0 Å². The summed E-state index contributed by atoms with van der Waals surface area (Å²) in [6.07, 6.45) is -3.18. The molecule has 23 heavy (non-hydrogen) atoms. The maximum atomic E-state index is 14.2. The van der Waals surface area contributed by atoms with E-state index in [1.54, 1.807) is 13.8 Å². The van der Waals surface area contributed by atoms with Gasteiger partial charge >= 0.3 is 6.18 Å². The average molecular weight is 355 g/mol. The minimum atomic E-state index is -4.95. The quantitative estimate of drug-likeness (QED) is 0.788. The molecule has 1 aliphatic rings. The highest BCUT2D eigenvalue weighted by Crippen LogP contribution is 2.48. The van der Waals surface area contributed by atoms with E-state index < -0.39 is 45.0 Å². The Bertz CT molecular complexity index is 625. The van der Waals surface area contributed by atoms with Gasteiger partial charge in [-0.15, -0.1) is 0 Å². The fourth-order valence-corrected chi connectivity index (χ4v) is 3.05. The van der Waals surface area contributed by atoms with Crippen LogP contribution in [0.4, 0.5) is 22.0 Å². The molecule has 1 saturated carbocycles. The van der Waals surface area contributed by atoms with E-state index in [1.165, 1.54) is 0 Å². The van der Waals surface area contributed by atoms with Gasteiger partial charge < -0.3 is 0 Å². The van der Waals surface area contributed by atoms with E-state index in [0.29, 0.717) is 6.07 Å². The first-order valence-electron chi connectivity index (χ1n) is 7.16. The summed E-state index contributed by atoms with van der Waals surface area (Å²) in [5.74, 6) is -3.04. The zero-order valence-electron chi connectivity index (χ0n) is 12.7. The fourth-order valence-electron chi connectivity index (χ4n) is 2.70. The second kappa shape index (κ2) is 6.12. The molecule has 1 aliphatic carbocycles. The van der Waals surface area contributed by atoms with Gasteiger partial charge in [-0.3, -0.25) is 5.14 Å². The molecule has 8 heteroatoms. The summed E-state index contributed by atoms with van der Waals surface area (Å²) in [7, 11) is -1.69. The summed E-state index contributed by atoms with van der Waals surface area (Å²) in [6.45, 7) is 3.27. The number of halogens is 5. The predicted molar refractivity (Wildman–Crippen MR) is 77.9 cm³/mol. The van der Waals surface area contributed by atoms with E-state index in [-0.39, 0.29) is 24.0 Å². The lowest BCUT2D eigenvalue weighted by Crippen LogP contribution is -2.34. The van der Waals surface area contributed by atoms with Gasteiger partial charge in [0.25, 0.3) is 0 Å². The van der Waals surface area contributed by atoms with Crippen molar-refractivity contribution in [2.75, 3.05) is 0 Å². The van der Waals surface area contributed by atoms with E-state index in [9.17, 15) is 26.2 Å². The van der Waals surface area contributed by atoms with Crippen molar-refractivity contribution in [2.24, 2.45) is 11.1 Å². The molecule has 0 spiro atoms. The van der Waals surface area contributed by atoms with Gasteiger partial charge in [0.2, 0.25) is 0 Å². The Labute approximate surface area is 133 Å². The number of benzene rings is 1. The minimum Gasteiger partial charge on any atom is -0.251 e. The molecule has 2 N–H and O–H groups in total. The highest BCUT2D eigenvalue weighted by Gasteiger charge is 2.41. The number of hydrogen-bond donors (Lipinski definition) is 1. The molecule has 0 aromatic heterocycles. The number of hydrogen-bond acceptors (Lipinski definition) is 1. The molecule has 0 radical (unpaired) electrons. The van der Waals surface area contributed by atoms with Crippen LogP contribution in [-0.4, -0.2) is 8.96 Å². The zero-order chi connectivity index (χ0) is 17.6. The third-order valence-corrected chi connectivity index (χ3v) is 5.49. The molecule has 2 atom stereocenters. The van der Waals surface area contributed by atoms with Crippen molar-refractivity contribution in [1.82, 2.24) is 0 Å². The largest absolute Gasteiger partial charge is 0.419 e. The molecule has 0 amide bonds. The Morgan fingerprint density at radius 1 is 1.22 bits per heavy atom. The molecule has 0 bridgehead atoms. The van der Waals surface area contributed by atoms with Crippen LogP contribution in [0.25, 0.3) is 0 Å². The first kappa shape index (κ1) is 18.3. The lowest BCUT2D eigenvalue weighted by atomic mass is 9.85. The van der Waals surface area contributed by atoms with Crippen LogP contribution in [0.15, 0.2) is 12.1 Å². The van der Waals surface area contributed by atoms with Crippen molar-refractivity contribution in [3.05, 3.63) is 34.9 Å². The molecule has 1 aromatic rings. The van der Waals surface area contributed by atoms with Crippen molar-refractivity contribution in [2.45, 2.75) is 50.0 Å². The third kappa shape index (κ3) is 4.09. The molecule has 1 unspecified atom stereocenters. The normalized spacial score (nSPS) is 18.8. The Hall–Kier alpha value is -1.02. The van der Waals surface area contributed by atoms with Crippen molar-refractivity contribution in [1.29, 1.82) is 0 Å². The SMILES string of the molecule is CC(C)(C[C@@H](c1cc(F)c(C(F)(F)F)cc1F)C1CC1)S(N)=O. The first-order valence-corrected chi connectivity index (χ1v) is 8.37. The van der Waals surface area contributed by atoms with Crippen molar-refractivity contribution in [3.8, 4) is 0 Å². The second-order valence-electron chi connectivity index (χ2n) is 6.56. The number of alkyl halides is 3. The summed E-state index contributed by atoms with van der Waals surface area (Å²) < 4.78 is 76.7. The summed E-state index contributed by atoms with van der Waals surface area (Å²) >= 11 is 0. The molecule has 2 rings (SSSR count). The average Bonchev–Trinajstić information content (AvgIpc) is 3.21. The first-order chi connectivity index (χ1) is 10.4. The molecule has 2 nitrogen and oxygen atoms in total. The van der Waals surface area contributed by atoms with Gasteiger partial charge in [0.05, 0.1) is 21.3 Å². The Balaban J connectivity index is 2.41. The van der Waals surface area contributed by atoms with Crippen molar-refractivity contribution >= 4 is 11.0 Å². The summed E-state index contributed by atoms with van der Waals surface area (Å²) in [5.41, 5.74) is -1.72. The van der Waals surface area contributed by atoms with Crippen LogP contribution in [-0.2, 0) is 17.2 Å². The Morgan fingerprint density at radius 3 is 2.22 bits per heavy atom. The topological polar surface area (TPSA) is 43.1 Å². The molecule has 1 fully saturated rings. The van der Waals surface area contributed by atoms with Crippen LogP contribution < -0.4 is 5.14 Å². The number of nitrogens with two attached hydrogens (primary N) is 1. The van der Waals surface area contributed by atoms with Gasteiger partial charge in [-0.05, 0) is 62.6 Å². The standard InChI is InChI=1S/C15H18F5NOS/c1-14(2,23(21)22)7-10(8-3-4-8)9-5-13(17)11(6-12(9)16)15(18,19)20/h5-6,8,10H,3-4,7,21H2,1-2H3/t10-,23?/m1/s1. The van der Waals surface area contributed by atoms with E-state index in [0.717, 1.165) is 12.8 Å². The Kier molecular flexibility index (Phi) is 4.88. The zero-order valence-corrected chi connectivity index (χ0v) is 13.5. The minimum absolute atomic E-state index is 0.0449. The maximum Gasteiger partial charge on any atom is 0.419 e. The smallest absolute Gasteiger partial charge is 0.251 e. The van der Waals surface area contributed by atoms with Crippen LogP contribution in [0, 0.1) is 17.6 Å². The van der Waals surface area contributed by atoms with Gasteiger partial charge in [-0.1, -0.05) is 0 Å². The molecular weight excluding hydrogens is 337 g/mol. The van der Waals surface area contributed by atoms with Crippen LogP contribution in [0.5, 0.6) is 0 Å². The van der Waals surface area contributed by atoms with E-state index in [4.69, 9.17) is 5.14 Å². The molecule has 0 aliphatic heterocycles. The van der Waals surface area contributed by atoms with Gasteiger partial charge in [-0.25, -0.2) is 13.0 Å². The Morgan fingerprint density at radius 2 is 1.78 bits per heavy atom. The summed E-state index contributed by atoms with van der Waals surface area (Å²) in [4.78, 5) is 0. The van der Waals surface area contributed by atoms with Crippen molar-refractivity contribution < 1.29 is 26.2 Å². The predicted octanol–water partition coefficient (Wildman–Crippen LogP) is 4.27. The molecule has 1 aromatic carbocycles. The highest BCUT2D eigenvalue weighted by molar-refractivity contribution is 7.84. The molecule has 0 saturated heterocycles. The maximum absolute atomic E-state index is 14.2. The third-order valence-electron chi connectivity index (χ3n) is 4.24. The van der Waals surface area contributed by atoms with Crippen molar-refractivity contribution in [3.63, 3.8) is 0 Å². The van der Waals surface area contributed by atoms with Crippen LogP contribution in [0.1, 0.15) is 50.2 Å². The molecule has 0 heterocycles. The number of rotatable bonds is 5.